The maximum atomic E-state index is 14.1. The summed E-state index contributed by atoms with van der Waals surface area (Å²) in [5.74, 6) is -0.282. The molecule has 1 unspecified atom stereocenters. The third-order valence-electron chi connectivity index (χ3n) is 6.03. The van der Waals surface area contributed by atoms with Gasteiger partial charge < -0.3 is 25.2 Å². The van der Waals surface area contributed by atoms with Crippen LogP contribution in [0.25, 0.3) is 0 Å². The van der Waals surface area contributed by atoms with E-state index in [1.807, 2.05) is 11.8 Å². The van der Waals surface area contributed by atoms with Gasteiger partial charge in [-0.05, 0) is 52.4 Å². The van der Waals surface area contributed by atoms with E-state index >= 15 is 0 Å². The van der Waals surface area contributed by atoms with Crippen LogP contribution in [0.4, 0.5) is 14.5 Å². The molecule has 1 aromatic rings. The summed E-state index contributed by atoms with van der Waals surface area (Å²) in [4.78, 5) is 9.09. The second-order valence-corrected chi connectivity index (χ2v) is 8.10. The SMILES string of the molecule is CCNC(=NCC1(N(C)C)CCOCC1)NC1CCN(c2ccc(F)cc2F)C1.I. The molecule has 2 heterocycles. The van der Waals surface area contributed by atoms with E-state index in [1.165, 1.54) is 12.1 Å². The van der Waals surface area contributed by atoms with Crippen molar-refractivity contribution in [3.63, 3.8) is 0 Å². The van der Waals surface area contributed by atoms with E-state index in [9.17, 15) is 8.78 Å². The van der Waals surface area contributed by atoms with E-state index in [1.54, 1.807) is 0 Å². The topological polar surface area (TPSA) is 52.1 Å². The highest BCUT2D eigenvalue weighted by molar-refractivity contribution is 14.0. The summed E-state index contributed by atoms with van der Waals surface area (Å²) in [7, 11) is 4.21. The average Bonchev–Trinajstić information content (AvgIpc) is 3.15. The molecule has 0 bridgehead atoms. The standard InChI is InChI=1S/C21H33F2N5O.HI/c1-4-24-20(25-15-21(27(2)3)8-11-29-12-9-21)26-17-7-10-28(14-17)19-6-5-16(22)13-18(19)23;/h5-6,13,17H,4,7-12,14-15H2,1-3H3,(H2,24,25,26);1H. The minimum Gasteiger partial charge on any atom is -0.381 e. The Morgan fingerprint density at radius 3 is 2.67 bits per heavy atom. The maximum absolute atomic E-state index is 14.1. The molecule has 9 heteroatoms. The van der Waals surface area contributed by atoms with Gasteiger partial charge in [-0.15, -0.1) is 24.0 Å². The van der Waals surface area contributed by atoms with Crippen molar-refractivity contribution in [2.75, 3.05) is 58.4 Å². The number of aliphatic imine (C=N–C) groups is 1. The Bertz CT molecular complexity index is 713. The molecule has 2 fully saturated rings. The summed E-state index contributed by atoms with van der Waals surface area (Å²) >= 11 is 0. The van der Waals surface area contributed by atoms with Crippen LogP contribution >= 0.6 is 24.0 Å². The van der Waals surface area contributed by atoms with Crippen molar-refractivity contribution in [2.24, 2.45) is 4.99 Å². The van der Waals surface area contributed by atoms with E-state index in [4.69, 9.17) is 9.73 Å². The van der Waals surface area contributed by atoms with Crippen LogP contribution in [0.3, 0.4) is 0 Å². The molecule has 0 aliphatic carbocycles. The summed E-state index contributed by atoms with van der Waals surface area (Å²) in [5, 5.41) is 6.82. The Morgan fingerprint density at radius 2 is 2.03 bits per heavy atom. The van der Waals surface area contributed by atoms with E-state index < -0.39 is 11.6 Å². The van der Waals surface area contributed by atoms with Gasteiger partial charge in [0.1, 0.15) is 11.6 Å². The molecule has 0 radical (unpaired) electrons. The van der Waals surface area contributed by atoms with E-state index in [-0.39, 0.29) is 35.6 Å². The number of rotatable bonds is 6. The summed E-state index contributed by atoms with van der Waals surface area (Å²) in [6.07, 6.45) is 2.79. The Morgan fingerprint density at radius 1 is 1.30 bits per heavy atom. The monoisotopic (exact) mass is 537 g/mol. The molecule has 0 spiro atoms. The van der Waals surface area contributed by atoms with Crippen LogP contribution in [0, 0.1) is 11.6 Å². The molecule has 0 aromatic heterocycles. The number of likely N-dealkylation sites (N-methyl/N-ethyl adjacent to an activating group) is 1. The third-order valence-corrected chi connectivity index (χ3v) is 6.03. The van der Waals surface area contributed by atoms with Crippen molar-refractivity contribution in [1.82, 2.24) is 15.5 Å². The number of anilines is 1. The molecule has 0 amide bonds. The Kier molecular flexibility index (Phi) is 9.55. The molecular weight excluding hydrogens is 503 g/mol. The van der Waals surface area contributed by atoms with Crippen molar-refractivity contribution >= 4 is 35.6 Å². The summed E-state index contributed by atoms with van der Waals surface area (Å²) < 4.78 is 32.8. The molecule has 2 aliphatic heterocycles. The van der Waals surface area contributed by atoms with Crippen molar-refractivity contribution < 1.29 is 13.5 Å². The predicted octanol–water partition coefficient (Wildman–Crippen LogP) is 2.83. The van der Waals surface area contributed by atoms with Crippen molar-refractivity contribution in [3.05, 3.63) is 29.8 Å². The van der Waals surface area contributed by atoms with Gasteiger partial charge in [0.25, 0.3) is 0 Å². The van der Waals surface area contributed by atoms with E-state index in [0.29, 0.717) is 18.8 Å². The quantitative estimate of drug-likeness (QED) is 0.332. The van der Waals surface area contributed by atoms with Gasteiger partial charge in [-0.1, -0.05) is 0 Å². The number of nitrogens with one attached hydrogen (secondary N) is 2. The van der Waals surface area contributed by atoms with Gasteiger partial charge in [0.2, 0.25) is 0 Å². The predicted molar refractivity (Wildman–Crippen MR) is 128 cm³/mol. The zero-order chi connectivity index (χ0) is 20.9. The van der Waals surface area contributed by atoms with Crippen LogP contribution in [-0.2, 0) is 4.74 Å². The number of hydrogen-bond acceptors (Lipinski definition) is 4. The van der Waals surface area contributed by atoms with Crippen LogP contribution in [-0.4, -0.2) is 75.9 Å². The first-order chi connectivity index (χ1) is 13.9. The molecule has 6 nitrogen and oxygen atoms in total. The molecule has 2 saturated heterocycles. The van der Waals surface area contributed by atoms with Gasteiger partial charge in [0.05, 0.1) is 12.2 Å². The lowest BCUT2D eigenvalue weighted by atomic mass is 9.89. The van der Waals surface area contributed by atoms with E-state index in [0.717, 1.165) is 57.6 Å². The number of benzene rings is 1. The zero-order valence-electron chi connectivity index (χ0n) is 18.1. The Balaban J connectivity index is 0.00000320. The number of halogens is 3. The molecule has 30 heavy (non-hydrogen) atoms. The number of hydrogen-bond donors (Lipinski definition) is 2. The van der Waals surface area contributed by atoms with E-state index in [2.05, 4.69) is 29.6 Å². The highest BCUT2D eigenvalue weighted by Crippen LogP contribution is 2.27. The molecule has 2 N–H and O–H groups in total. The first kappa shape index (κ1) is 25.1. The zero-order valence-corrected chi connectivity index (χ0v) is 20.4. The largest absolute Gasteiger partial charge is 0.381 e. The molecule has 0 saturated carbocycles. The fourth-order valence-corrected chi connectivity index (χ4v) is 4.07. The van der Waals surface area contributed by atoms with Gasteiger partial charge in [-0.2, -0.15) is 0 Å². The summed E-state index contributed by atoms with van der Waals surface area (Å²) in [6.45, 7) is 6.41. The fraction of sp³-hybridized carbons (Fsp3) is 0.667. The molecule has 1 atom stereocenters. The highest BCUT2D eigenvalue weighted by atomic mass is 127. The Labute approximate surface area is 195 Å². The number of guanidine groups is 1. The molecule has 2 aliphatic rings. The smallest absolute Gasteiger partial charge is 0.191 e. The van der Waals surface area contributed by atoms with Crippen LogP contribution in [0.15, 0.2) is 23.2 Å². The second-order valence-electron chi connectivity index (χ2n) is 8.10. The van der Waals surface area contributed by atoms with Gasteiger partial charge in [0, 0.05) is 50.5 Å². The molecule has 3 rings (SSSR count). The van der Waals surface area contributed by atoms with Gasteiger partial charge in [-0.3, -0.25) is 4.99 Å². The summed E-state index contributed by atoms with van der Waals surface area (Å²) in [6, 6.07) is 3.91. The van der Waals surface area contributed by atoms with Gasteiger partial charge in [0.15, 0.2) is 5.96 Å². The van der Waals surface area contributed by atoms with Crippen LogP contribution < -0.4 is 15.5 Å². The minimum absolute atomic E-state index is 0. The fourth-order valence-electron chi connectivity index (χ4n) is 4.07. The summed E-state index contributed by atoms with van der Waals surface area (Å²) in [5.41, 5.74) is 0.464. The second kappa shape index (κ2) is 11.4. The average molecular weight is 537 g/mol. The normalized spacial score (nSPS) is 21.5. The molecule has 170 valence electrons. The lowest BCUT2D eigenvalue weighted by Crippen LogP contribution is -2.52. The number of nitrogens with zero attached hydrogens (tertiary/aromatic N) is 3. The molecule has 1 aromatic carbocycles. The van der Waals surface area contributed by atoms with Crippen molar-refractivity contribution in [1.29, 1.82) is 0 Å². The van der Waals surface area contributed by atoms with Crippen molar-refractivity contribution in [2.45, 2.75) is 37.8 Å². The minimum atomic E-state index is -0.551. The first-order valence-electron chi connectivity index (χ1n) is 10.4. The van der Waals surface area contributed by atoms with Gasteiger partial charge in [-0.25, -0.2) is 8.78 Å². The van der Waals surface area contributed by atoms with Crippen molar-refractivity contribution in [3.8, 4) is 0 Å². The Hall–Kier alpha value is -1.20. The van der Waals surface area contributed by atoms with Crippen LogP contribution in [0.1, 0.15) is 26.2 Å². The molecular formula is C21H34F2IN5O. The maximum Gasteiger partial charge on any atom is 0.191 e. The van der Waals surface area contributed by atoms with Crippen LogP contribution in [0.5, 0.6) is 0 Å². The first-order valence-corrected chi connectivity index (χ1v) is 10.4. The van der Waals surface area contributed by atoms with Gasteiger partial charge >= 0.3 is 0 Å². The lowest BCUT2D eigenvalue weighted by molar-refractivity contribution is -0.00255. The third kappa shape index (κ3) is 6.16. The highest BCUT2D eigenvalue weighted by Gasteiger charge is 2.35. The van der Waals surface area contributed by atoms with Crippen LogP contribution in [0.2, 0.25) is 0 Å². The lowest BCUT2D eigenvalue weighted by Gasteiger charge is -2.41. The number of ether oxygens (including phenoxy) is 1.